The van der Waals surface area contributed by atoms with E-state index in [2.05, 4.69) is 10.3 Å². The molecular formula is C9H10F2N2O3. The van der Waals surface area contributed by atoms with E-state index < -0.39 is 25.0 Å². The van der Waals surface area contributed by atoms with Gasteiger partial charge in [-0.15, -0.1) is 0 Å². The number of carboxylic acids is 1. The number of anilines is 1. The molecule has 1 unspecified atom stereocenters. The van der Waals surface area contributed by atoms with Gasteiger partial charge >= 0.3 is 5.97 Å². The minimum atomic E-state index is -2.85. The molecule has 0 aliphatic heterocycles. The Balaban J connectivity index is 2.61. The van der Waals surface area contributed by atoms with E-state index >= 15 is 0 Å². The van der Waals surface area contributed by atoms with Crippen LogP contribution in [0, 0.1) is 0 Å². The van der Waals surface area contributed by atoms with Crippen molar-refractivity contribution in [3.63, 3.8) is 0 Å². The number of aromatic nitrogens is 1. The van der Waals surface area contributed by atoms with Gasteiger partial charge in [0.25, 0.3) is 6.43 Å². The van der Waals surface area contributed by atoms with Crippen molar-refractivity contribution in [2.24, 2.45) is 0 Å². The summed E-state index contributed by atoms with van der Waals surface area (Å²) in [5.74, 6) is -1.01. The number of hydrogen-bond acceptors (Lipinski definition) is 4. The van der Waals surface area contributed by atoms with E-state index in [0.29, 0.717) is 0 Å². The zero-order chi connectivity index (χ0) is 12.1. The van der Waals surface area contributed by atoms with Crippen LogP contribution in [0.4, 0.5) is 14.6 Å². The zero-order valence-electron chi connectivity index (χ0n) is 8.10. The molecular weight excluding hydrogens is 222 g/mol. The topological polar surface area (TPSA) is 82.5 Å². The van der Waals surface area contributed by atoms with E-state index in [1.807, 2.05) is 0 Å². The van der Waals surface area contributed by atoms with E-state index in [1.165, 1.54) is 18.3 Å². The number of aliphatic hydroxyl groups is 1. The molecule has 1 aromatic rings. The molecule has 0 fully saturated rings. The van der Waals surface area contributed by atoms with E-state index in [0.717, 1.165) is 0 Å². The Labute approximate surface area is 89.7 Å². The number of nitrogens with zero attached hydrogens (tertiary/aromatic N) is 1. The van der Waals surface area contributed by atoms with Crippen LogP contribution in [0.2, 0.25) is 0 Å². The van der Waals surface area contributed by atoms with Crippen molar-refractivity contribution in [1.29, 1.82) is 0 Å². The number of aromatic carboxylic acids is 1. The SMILES string of the molecule is O=C(O)c1ccnc(NCC(O)C(F)F)c1. The highest BCUT2D eigenvalue weighted by Crippen LogP contribution is 2.08. The number of pyridine rings is 1. The van der Waals surface area contributed by atoms with Crippen molar-refractivity contribution < 1.29 is 23.8 Å². The summed E-state index contributed by atoms with van der Waals surface area (Å²) in [6.07, 6.45) is -3.42. The molecule has 1 aromatic heterocycles. The lowest BCUT2D eigenvalue weighted by Crippen LogP contribution is -2.27. The van der Waals surface area contributed by atoms with Gasteiger partial charge in [0, 0.05) is 12.7 Å². The van der Waals surface area contributed by atoms with Crippen LogP contribution in [0.15, 0.2) is 18.3 Å². The Morgan fingerprint density at radius 1 is 1.56 bits per heavy atom. The van der Waals surface area contributed by atoms with Crippen LogP contribution < -0.4 is 5.32 Å². The van der Waals surface area contributed by atoms with Gasteiger partial charge in [-0.05, 0) is 12.1 Å². The van der Waals surface area contributed by atoms with Crippen LogP contribution in [0.25, 0.3) is 0 Å². The molecule has 5 nitrogen and oxygen atoms in total. The Morgan fingerprint density at radius 3 is 2.81 bits per heavy atom. The van der Waals surface area contributed by atoms with Gasteiger partial charge in [-0.1, -0.05) is 0 Å². The Morgan fingerprint density at radius 2 is 2.25 bits per heavy atom. The fraction of sp³-hybridized carbons (Fsp3) is 0.333. The maximum absolute atomic E-state index is 11.9. The first-order chi connectivity index (χ1) is 7.50. The maximum Gasteiger partial charge on any atom is 0.335 e. The predicted molar refractivity (Wildman–Crippen MR) is 51.7 cm³/mol. The van der Waals surface area contributed by atoms with E-state index in [4.69, 9.17) is 10.2 Å². The smallest absolute Gasteiger partial charge is 0.335 e. The van der Waals surface area contributed by atoms with Crippen molar-refractivity contribution in [3.05, 3.63) is 23.9 Å². The number of carboxylic acid groups (broad SMARTS) is 1. The Bertz CT molecular complexity index is 374. The Kier molecular flexibility index (Phi) is 4.12. The number of carbonyl (C=O) groups is 1. The molecule has 1 rings (SSSR count). The molecule has 16 heavy (non-hydrogen) atoms. The first kappa shape index (κ1) is 12.3. The summed E-state index contributed by atoms with van der Waals surface area (Å²) in [4.78, 5) is 14.3. The third kappa shape index (κ3) is 3.43. The van der Waals surface area contributed by atoms with Crippen molar-refractivity contribution in [1.82, 2.24) is 4.98 Å². The lowest BCUT2D eigenvalue weighted by molar-refractivity contribution is 0.00380. The summed E-state index contributed by atoms with van der Waals surface area (Å²) in [6, 6.07) is 2.47. The van der Waals surface area contributed by atoms with Crippen LogP contribution in [0.1, 0.15) is 10.4 Å². The third-order valence-corrected chi connectivity index (χ3v) is 1.79. The molecule has 0 bridgehead atoms. The van der Waals surface area contributed by atoms with Gasteiger partial charge in [0.1, 0.15) is 11.9 Å². The lowest BCUT2D eigenvalue weighted by Gasteiger charge is -2.11. The van der Waals surface area contributed by atoms with Gasteiger partial charge in [0.2, 0.25) is 0 Å². The largest absolute Gasteiger partial charge is 0.478 e. The summed E-state index contributed by atoms with van der Waals surface area (Å²) in [7, 11) is 0. The van der Waals surface area contributed by atoms with Crippen molar-refractivity contribution in [2.75, 3.05) is 11.9 Å². The van der Waals surface area contributed by atoms with Crippen molar-refractivity contribution >= 4 is 11.8 Å². The highest BCUT2D eigenvalue weighted by Gasteiger charge is 2.16. The van der Waals surface area contributed by atoms with Crippen LogP contribution in [0.3, 0.4) is 0 Å². The molecule has 7 heteroatoms. The average Bonchev–Trinajstić information content (AvgIpc) is 2.26. The molecule has 0 amide bonds. The Hall–Kier alpha value is -1.76. The number of nitrogens with one attached hydrogen (secondary N) is 1. The molecule has 0 saturated carbocycles. The third-order valence-electron chi connectivity index (χ3n) is 1.79. The molecule has 0 spiro atoms. The highest BCUT2D eigenvalue weighted by molar-refractivity contribution is 5.88. The highest BCUT2D eigenvalue weighted by atomic mass is 19.3. The van der Waals surface area contributed by atoms with Gasteiger partial charge in [-0.3, -0.25) is 0 Å². The van der Waals surface area contributed by atoms with Crippen LogP contribution >= 0.6 is 0 Å². The zero-order valence-corrected chi connectivity index (χ0v) is 8.10. The maximum atomic E-state index is 11.9. The summed E-state index contributed by atoms with van der Waals surface area (Å²) in [6.45, 7) is -0.395. The van der Waals surface area contributed by atoms with E-state index in [1.54, 1.807) is 0 Å². The molecule has 1 atom stereocenters. The minimum absolute atomic E-state index is 0.0102. The fourth-order valence-electron chi connectivity index (χ4n) is 0.958. The molecule has 0 aromatic carbocycles. The quantitative estimate of drug-likeness (QED) is 0.700. The molecule has 88 valence electrons. The van der Waals surface area contributed by atoms with Gasteiger partial charge in [0.15, 0.2) is 0 Å². The standard InChI is InChI=1S/C9H10F2N2O3/c10-8(11)6(14)4-13-7-3-5(9(15)16)1-2-12-7/h1-3,6,8,14H,4H2,(H,12,13)(H,15,16). The van der Waals surface area contributed by atoms with E-state index in [9.17, 15) is 13.6 Å². The molecule has 0 saturated heterocycles. The van der Waals surface area contributed by atoms with Crippen molar-refractivity contribution in [3.8, 4) is 0 Å². The van der Waals surface area contributed by atoms with Crippen LogP contribution in [-0.2, 0) is 0 Å². The van der Waals surface area contributed by atoms with Crippen molar-refractivity contribution in [2.45, 2.75) is 12.5 Å². The van der Waals surface area contributed by atoms with Crippen LogP contribution in [0.5, 0.6) is 0 Å². The number of halogens is 2. The van der Waals surface area contributed by atoms with Gasteiger partial charge < -0.3 is 15.5 Å². The average molecular weight is 232 g/mol. The molecule has 1 heterocycles. The lowest BCUT2D eigenvalue weighted by atomic mass is 10.2. The van der Waals surface area contributed by atoms with Gasteiger partial charge in [-0.25, -0.2) is 18.6 Å². The van der Waals surface area contributed by atoms with E-state index in [-0.39, 0.29) is 11.4 Å². The number of rotatable bonds is 5. The normalized spacial score (nSPS) is 12.5. The number of alkyl halides is 2. The minimum Gasteiger partial charge on any atom is -0.478 e. The van der Waals surface area contributed by atoms with Crippen LogP contribution in [-0.4, -0.2) is 40.2 Å². The predicted octanol–water partition coefficient (Wildman–Crippen LogP) is 0.818. The molecule has 0 radical (unpaired) electrons. The second-order valence-corrected chi connectivity index (χ2v) is 3.02. The van der Waals surface area contributed by atoms with Gasteiger partial charge in [-0.2, -0.15) is 0 Å². The monoisotopic (exact) mass is 232 g/mol. The second-order valence-electron chi connectivity index (χ2n) is 3.02. The summed E-state index contributed by atoms with van der Waals surface area (Å²) < 4.78 is 23.9. The number of hydrogen-bond donors (Lipinski definition) is 3. The second kappa shape index (κ2) is 5.36. The fourth-order valence-corrected chi connectivity index (χ4v) is 0.958. The first-order valence-corrected chi connectivity index (χ1v) is 4.40. The summed E-state index contributed by atoms with van der Waals surface area (Å²) in [5, 5.41) is 19.9. The molecule has 0 aliphatic carbocycles. The summed E-state index contributed by atoms with van der Waals surface area (Å²) in [5.41, 5.74) is -0.0102. The first-order valence-electron chi connectivity index (χ1n) is 4.40. The molecule has 0 aliphatic rings. The number of aliphatic hydroxyl groups excluding tert-OH is 1. The molecule has 3 N–H and O–H groups in total. The van der Waals surface area contributed by atoms with Gasteiger partial charge in [0.05, 0.1) is 5.56 Å². The summed E-state index contributed by atoms with van der Waals surface area (Å²) >= 11 is 0.